The number of hydrogen-bond donors (Lipinski definition) is 3. The summed E-state index contributed by atoms with van der Waals surface area (Å²) in [6, 6.07) is 4.01. The summed E-state index contributed by atoms with van der Waals surface area (Å²) >= 11 is 5.92. The summed E-state index contributed by atoms with van der Waals surface area (Å²) in [7, 11) is 1.49. The van der Waals surface area contributed by atoms with Gasteiger partial charge in [-0.1, -0.05) is 11.6 Å². The van der Waals surface area contributed by atoms with Crippen LogP contribution in [0.15, 0.2) is 18.2 Å². The van der Waals surface area contributed by atoms with Crippen LogP contribution >= 0.6 is 11.6 Å². The zero-order valence-corrected chi connectivity index (χ0v) is 13.6. The average Bonchev–Trinajstić information content (AvgIpc) is 2.53. The highest BCUT2D eigenvalue weighted by Crippen LogP contribution is 2.27. The van der Waals surface area contributed by atoms with Crippen LogP contribution in [0.1, 0.15) is 6.42 Å². The number of carboxylic acid groups (broad SMARTS) is 1. The number of carboxylic acids is 1. The van der Waals surface area contributed by atoms with Crippen molar-refractivity contribution in [1.82, 2.24) is 10.2 Å². The van der Waals surface area contributed by atoms with E-state index >= 15 is 0 Å². The first-order valence-electron chi connectivity index (χ1n) is 7.32. The van der Waals surface area contributed by atoms with E-state index in [0.29, 0.717) is 42.6 Å². The highest BCUT2D eigenvalue weighted by Gasteiger charge is 2.29. The van der Waals surface area contributed by atoms with Gasteiger partial charge < -0.3 is 20.5 Å². The smallest absolute Gasteiger partial charge is 0.321 e. The molecule has 23 heavy (non-hydrogen) atoms. The summed E-state index contributed by atoms with van der Waals surface area (Å²) in [6.45, 7) is 2.64. The van der Waals surface area contributed by atoms with Gasteiger partial charge in [0.05, 0.1) is 19.2 Å². The number of methoxy groups -OCH3 is 1. The highest BCUT2D eigenvalue weighted by molar-refractivity contribution is 6.31. The summed E-state index contributed by atoms with van der Waals surface area (Å²) in [6.07, 6.45) is -0.134. The summed E-state index contributed by atoms with van der Waals surface area (Å²) in [5.74, 6) is -0.923. The largest absolute Gasteiger partial charge is 0.495 e. The third-order valence-electron chi connectivity index (χ3n) is 3.69. The molecule has 0 radical (unpaired) electrons. The molecule has 0 saturated carbocycles. The van der Waals surface area contributed by atoms with E-state index in [4.69, 9.17) is 16.3 Å². The van der Waals surface area contributed by atoms with Gasteiger partial charge in [0.25, 0.3) is 0 Å². The Balaban J connectivity index is 2.04. The normalized spacial score (nSPS) is 16.6. The summed E-state index contributed by atoms with van der Waals surface area (Å²) in [4.78, 5) is 25.5. The summed E-state index contributed by atoms with van der Waals surface area (Å²) in [5, 5.41) is 15.7. The number of carbonyl (C=O) groups excluding carboxylic acids is 1. The molecule has 0 aliphatic carbocycles. The Morgan fingerprint density at radius 1 is 1.43 bits per heavy atom. The van der Waals surface area contributed by atoms with Gasteiger partial charge in [0.1, 0.15) is 11.8 Å². The molecular formula is C15H20ClN3O4. The summed E-state index contributed by atoms with van der Waals surface area (Å²) in [5.41, 5.74) is 0.425. The van der Waals surface area contributed by atoms with Crippen LogP contribution in [0, 0.1) is 0 Å². The minimum Gasteiger partial charge on any atom is -0.495 e. The molecule has 0 unspecified atom stereocenters. The van der Waals surface area contributed by atoms with E-state index in [9.17, 15) is 14.7 Å². The second-order valence-electron chi connectivity index (χ2n) is 5.24. The van der Waals surface area contributed by atoms with Crippen LogP contribution in [0.3, 0.4) is 0 Å². The Morgan fingerprint density at radius 2 is 2.13 bits per heavy atom. The first kappa shape index (κ1) is 17.5. The maximum atomic E-state index is 12.2. The zero-order valence-electron chi connectivity index (χ0n) is 12.8. The van der Waals surface area contributed by atoms with Gasteiger partial charge in [-0.25, -0.2) is 0 Å². The fraction of sp³-hybridized carbons (Fsp3) is 0.467. The van der Waals surface area contributed by atoms with Gasteiger partial charge in [-0.15, -0.1) is 0 Å². The van der Waals surface area contributed by atoms with E-state index in [1.165, 1.54) is 7.11 Å². The lowest BCUT2D eigenvalue weighted by Crippen LogP contribution is -2.52. The Kier molecular flexibility index (Phi) is 6.20. The van der Waals surface area contributed by atoms with Crippen molar-refractivity contribution >= 4 is 29.2 Å². The first-order chi connectivity index (χ1) is 11.0. The van der Waals surface area contributed by atoms with E-state index in [1.54, 1.807) is 23.1 Å². The number of hydrogen-bond acceptors (Lipinski definition) is 5. The van der Waals surface area contributed by atoms with Crippen LogP contribution < -0.4 is 15.4 Å². The molecule has 1 aliphatic heterocycles. The molecule has 0 aromatic heterocycles. The van der Waals surface area contributed by atoms with Crippen molar-refractivity contribution in [1.29, 1.82) is 0 Å². The van der Waals surface area contributed by atoms with Crippen LogP contribution in [0.2, 0.25) is 5.02 Å². The third kappa shape index (κ3) is 4.82. The lowest BCUT2D eigenvalue weighted by molar-refractivity contribution is -0.145. The van der Waals surface area contributed by atoms with Gasteiger partial charge in [0.15, 0.2) is 0 Å². The Labute approximate surface area is 139 Å². The van der Waals surface area contributed by atoms with E-state index < -0.39 is 17.9 Å². The highest BCUT2D eigenvalue weighted by atomic mass is 35.5. The van der Waals surface area contributed by atoms with E-state index in [0.717, 1.165) is 0 Å². The van der Waals surface area contributed by atoms with E-state index in [2.05, 4.69) is 10.6 Å². The Hall–Kier alpha value is -1.83. The standard InChI is InChI=1S/C15H20ClN3O4/c1-23-13-3-2-10(16)8-11(13)18-14(20)9-12(15(21)22)19-6-4-17-5-7-19/h2-3,8,12,17H,4-7,9H2,1H3,(H,18,20)(H,21,22)/t12-/m0/s1. The molecule has 1 atom stereocenters. The topological polar surface area (TPSA) is 90.9 Å². The molecule has 0 spiro atoms. The van der Waals surface area contributed by atoms with Crippen molar-refractivity contribution in [2.45, 2.75) is 12.5 Å². The maximum absolute atomic E-state index is 12.2. The maximum Gasteiger partial charge on any atom is 0.321 e. The minimum absolute atomic E-state index is 0.134. The predicted molar refractivity (Wildman–Crippen MR) is 87.1 cm³/mol. The third-order valence-corrected chi connectivity index (χ3v) is 3.93. The number of ether oxygens (including phenoxy) is 1. The van der Waals surface area contributed by atoms with Crippen molar-refractivity contribution in [3.05, 3.63) is 23.2 Å². The molecule has 2 rings (SSSR count). The SMILES string of the molecule is COc1ccc(Cl)cc1NC(=O)C[C@@H](C(=O)O)N1CCNCC1. The number of halogens is 1. The average molecular weight is 342 g/mol. The zero-order chi connectivity index (χ0) is 16.8. The monoisotopic (exact) mass is 341 g/mol. The van der Waals surface area contributed by atoms with Crippen molar-refractivity contribution in [3.63, 3.8) is 0 Å². The number of rotatable bonds is 6. The molecule has 1 amide bonds. The first-order valence-corrected chi connectivity index (χ1v) is 7.70. The van der Waals surface area contributed by atoms with Crippen LogP contribution in [0.25, 0.3) is 0 Å². The molecule has 1 aliphatic rings. The lowest BCUT2D eigenvalue weighted by Gasteiger charge is -2.32. The fourth-order valence-electron chi connectivity index (χ4n) is 2.52. The van der Waals surface area contributed by atoms with Crippen LogP contribution in [0.4, 0.5) is 5.69 Å². The molecule has 7 nitrogen and oxygen atoms in total. The molecule has 1 saturated heterocycles. The number of aliphatic carboxylic acids is 1. The molecular weight excluding hydrogens is 322 g/mol. The van der Waals surface area contributed by atoms with Crippen LogP contribution in [-0.2, 0) is 9.59 Å². The van der Waals surface area contributed by atoms with Crippen molar-refractivity contribution in [3.8, 4) is 5.75 Å². The molecule has 1 aromatic rings. The molecule has 8 heteroatoms. The molecule has 0 bridgehead atoms. The number of benzene rings is 1. The van der Waals surface area contributed by atoms with Crippen molar-refractivity contribution in [2.24, 2.45) is 0 Å². The molecule has 126 valence electrons. The number of piperazine rings is 1. The van der Waals surface area contributed by atoms with Gasteiger partial charge in [0.2, 0.25) is 5.91 Å². The minimum atomic E-state index is -1.000. The number of amides is 1. The van der Waals surface area contributed by atoms with Gasteiger partial charge in [-0.05, 0) is 18.2 Å². The molecule has 3 N–H and O–H groups in total. The molecule has 1 aromatic carbocycles. The van der Waals surface area contributed by atoms with Crippen molar-refractivity contribution in [2.75, 3.05) is 38.6 Å². The van der Waals surface area contributed by atoms with Gasteiger partial charge in [0, 0.05) is 31.2 Å². The molecule has 1 fully saturated rings. The lowest BCUT2D eigenvalue weighted by atomic mass is 10.1. The second-order valence-corrected chi connectivity index (χ2v) is 5.67. The number of nitrogens with one attached hydrogen (secondary N) is 2. The number of nitrogens with zero attached hydrogens (tertiary/aromatic N) is 1. The Morgan fingerprint density at radius 3 is 2.74 bits per heavy atom. The number of anilines is 1. The Bertz CT molecular complexity index is 576. The second kappa shape index (κ2) is 8.14. The van der Waals surface area contributed by atoms with E-state index in [1.807, 2.05) is 0 Å². The van der Waals surface area contributed by atoms with Crippen LogP contribution in [-0.4, -0.2) is 61.2 Å². The fourth-order valence-corrected chi connectivity index (χ4v) is 2.69. The summed E-state index contributed by atoms with van der Waals surface area (Å²) < 4.78 is 5.16. The quantitative estimate of drug-likeness (QED) is 0.716. The van der Waals surface area contributed by atoms with Gasteiger partial charge in [-0.2, -0.15) is 0 Å². The van der Waals surface area contributed by atoms with Crippen molar-refractivity contribution < 1.29 is 19.4 Å². The molecule has 1 heterocycles. The van der Waals surface area contributed by atoms with Crippen LogP contribution in [0.5, 0.6) is 5.75 Å². The predicted octanol–water partition coefficient (Wildman–Crippen LogP) is 1.04. The van der Waals surface area contributed by atoms with E-state index in [-0.39, 0.29) is 6.42 Å². The van der Waals surface area contributed by atoms with Gasteiger partial charge in [-0.3, -0.25) is 14.5 Å². The number of carbonyl (C=O) groups is 2. The van der Waals surface area contributed by atoms with Gasteiger partial charge >= 0.3 is 5.97 Å².